The topological polar surface area (TPSA) is 60.5 Å². The Labute approximate surface area is 163 Å². The lowest BCUT2D eigenvalue weighted by Gasteiger charge is -2.08. The van der Waals surface area contributed by atoms with Gasteiger partial charge in [-0.2, -0.15) is 0 Å². The number of aromatic nitrogens is 1. The van der Waals surface area contributed by atoms with Gasteiger partial charge in [-0.1, -0.05) is 31.5 Å². The predicted molar refractivity (Wildman–Crippen MR) is 109 cm³/mol. The highest BCUT2D eigenvalue weighted by atomic mass is 32.1. The van der Waals surface area contributed by atoms with E-state index in [1.54, 1.807) is 26.4 Å². The van der Waals surface area contributed by atoms with E-state index in [9.17, 15) is 4.79 Å². The molecule has 0 atom stereocenters. The quantitative estimate of drug-likeness (QED) is 0.622. The molecule has 2 aromatic carbocycles. The maximum atomic E-state index is 12.4. The van der Waals surface area contributed by atoms with Gasteiger partial charge in [0.2, 0.25) is 0 Å². The number of hydrogen-bond donors (Lipinski definition) is 1. The highest BCUT2D eigenvalue weighted by Gasteiger charge is 2.16. The highest BCUT2D eigenvalue weighted by molar-refractivity contribution is 7.16. The zero-order chi connectivity index (χ0) is 19.2. The van der Waals surface area contributed by atoms with Crippen LogP contribution in [-0.4, -0.2) is 25.1 Å². The third kappa shape index (κ3) is 4.46. The second-order valence-electron chi connectivity index (χ2n) is 5.96. The Morgan fingerprint density at radius 2 is 1.74 bits per heavy atom. The molecule has 0 spiro atoms. The zero-order valence-corrected chi connectivity index (χ0v) is 16.4. The van der Waals surface area contributed by atoms with E-state index in [0.29, 0.717) is 22.2 Å². The number of rotatable bonds is 7. The van der Waals surface area contributed by atoms with Gasteiger partial charge in [0.1, 0.15) is 11.5 Å². The van der Waals surface area contributed by atoms with Crippen LogP contribution >= 0.6 is 11.3 Å². The minimum absolute atomic E-state index is 0.165. The van der Waals surface area contributed by atoms with E-state index in [1.165, 1.54) is 11.3 Å². The van der Waals surface area contributed by atoms with Gasteiger partial charge in [0.15, 0.2) is 5.13 Å². The normalized spacial score (nSPS) is 10.5. The van der Waals surface area contributed by atoms with Crippen LogP contribution in [0.4, 0.5) is 5.13 Å². The molecule has 0 saturated carbocycles. The van der Waals surface area contributed by atoms with E-state index in [1.807, 2.05) is 36.4 Å². The summed E-state index contributed by atoms with van der Waals surface area (Å²) in [6.45, 7) is 2.12. The average Bonchev–Trinajstić information content (AvgIpc) is 3.10. The fourth-order valence-corrected chi connectivity index (χ4v) is 3.81. The van der Waals surface area contributed by atoms with Crippen molar-refractivity contribution in [3.05, 3.63) is 59.0 Å². The number of thiazole rings is 1. The third-order valence-corrected chi connectivity index (χ3v) is 5.09. The van der Waals surface area contributed by atoms with Crippen LogP contribution in [0.5, 0.6) is 11.5 Å². The van der Waals surface area contributed by atoms with E-state index < -0.39 is 0 Å². The molecule has 0 bridgehead atoms. The van der Waals surface area contributed by atoms with Crippen molar-refractivity contribution in [1.29, 1.82) is 0 Å². The molecule has 0 saturated heterocycles. The minimum Gasteiger partial charge on any atom is -0.497 e. The summed E-state index contributed by atoms with van der Waals surface area (Å²) in [5, 5.41) is 3.50. The summed E-state index contributed by atoms with van der Waals surface area (Å²) >= 11 is 1.50. The number of aryl methyl sites for hydroxylation is 1. The van der Waals surface area contributed by atoms with Gasteiger partial charge >= 0.3 is 0 Å². The summed E-state index contributed by atoms with van der Waals surface area (Å²) in [6.07, 6.45) is 1.87. The molecule has 0 unspecified atom stereocenters. The molecule has 0 aliphatic rings. The van der Waals surface area contributed by atoms with Crippen molar-refractivity contribution in [2.75, 3.05) is 19.5 Å². The van der Waals surface area contributed by atoms with Crippen molar-refractivity contribution in [3.8, 4) is 22.8 Å². The van der Waals surface area contributed by atoms with E-state index in [4.69, 9.17) is 14.5 Å². The van der Waals surface area contributed by atoms with Gasteiger partial charge in [-0.15, -0.1) is 11.3 Å². The molecule has 1 amide bonds. The molecule has 0 aliphatic carbocycles. The van der Waals surface area contributed by atoms with Crippen molar-refractivity contribution >= 4 is 22.4 Å². The van der Waals surface area contributed by atoms with Gasteiger partial charge in [0.25, 0.3) is 5.91 Å². The van der Waals surface area contributed by atoms with Crippen LogP contribution in [0.3, 0.4) is 0 Å². The summed E-state index contributed by atoms with van der Waals surface area (Å²) in [5.41, 5.74) is 2.36. The molecule has 3 aromatic rings. The first-order chi connectivity index (χ1) is 13.1. The largest absolute Gasteiger partial charge is 0.497 e. The number of anilines is 1. The molecule has 1 N–H and O–H groups in total. The number of amides is 1. The number of ether oxygens (including phenoxy) is 2. The average molecular weight is 382 g/mol. The van der Waals surface area contributed by atoms with E-state index in [2.05, 4.69) is 12.2 Å². The lowest BCUT2D eigenvalue weighted by molar-refractivity contribution is 0.102. The maximum absolute atomic E-state index is 12.4. The molecular weight excluding hydrogens is 360 g/mol. The minimum atomic E-state index is -0.165. The molecule has 1 aromatic heterocycles. The van der Waals surface area contributed by atoms with Crippen LogP contribution < -0.4 is 14.8 Å². The first kappa shape index (κ1) is 18.9. The zero-order valence-electron chi connectivity index (χ0n) is 15.6. The first-order valence-corrected chi connectivity index (χ1v) is 9.55. The second kappa shape index (κ2) is 8.68. The Kier molecular flexibility index (Phi) is 6.08. The number of methoxy groups -OCH3 is 2. The summed E-state index contributed by atoms with van der Waals surface area (Å²) in [4.78, 5) is 18.3. The predicted octanol–water partition coefficient (Wildman–Crippen LogP) is 5.03. The van der Waals surface area contributed by atoms with Gasteiger partial charge in [-0.3, -0.25) is 10.1 Å². The Hall–Kier alpha value is -2.86. The van der Waals surface area contributed by atoms with Crippen LogP contribution in [-0.2, 0) is 6.42 Å². The SMILES string of the molecule is CCCc1sc(NC(=O)c2ccccc2)nc1-c1cc(OC)cc(OC)c1. The number of carbonyl (C=O) groups excluding carboxylic acids is 1. The summed E-state index contributed by atoms with van der Waals surface area (Å²) in [6, 6.07) is 14.8. The van der Waals surface area contributed by atoms with Crippen molar-refractivity contribution in [3.63, 3.8) is 0 Å². The molecule has 140 valence electrons. The van der Waals surface area contributed by atoms with Gasteiger partial charge in [-0.25, -0.2) is 4.98 Å². The standard InChI is InChI=1S/C21H22N2O3S/c1-4-8-18-19(15-11-16(25-2)13-17(12-15)26-3)22-21(27-18)23-20(24)14-9-6-5-7-10-14/h5-7,9-13H,4,8H2,1-3H3,(H,22,23,24). The van der Waals surface area contributed by atoms with Crippen LogP contribution in [0.2, 0.25) is 0 Å². The molecule has 6 heteroatoms. The Bertz CT molecular complexity index is 900. The van der Waals surface area contributed by atoms with Gasteiger partial charge in [-0.05, 0) is 30.7 Å². The van der Waals surface area contributed by atoms with Crippen molar-refractivity contribution in [2.24, 2.45) is 0 Å². The van der Waals surface area contributed by atoms with Crippen molar-refractivity contribution in [2.45, 2.75) is 19.8 Å². The Morgan fingerprint density at radius 3 is 2.33 bits per heavy atom. The van der Waals surface area contributed by atoms with Crippen molar-refractivity contribution in [1.82, 2.24) is 4.98 Å². The fourth-order valence-electron chi connectivity index (χ4n) is 2.73. The second-order valence-corrected chi connectivity index (χ2v) is 7.05. The molecule has 0 fully saturated rings. The Morgan fingerprint density at radius 1 is 1.07 bits per heavy atom. The molecule has 5 nitrogen and oxygen atoms in total. The lowest BCUT2D eigenvalue weighted by Crippen LogP contribution is -2.11. The smallest absolute Gasteiger partial charge is 0.257 e. The van der Waals surface area contributed by atoms with Crippen LogP contribution in [0.25, 0.3) is 11.3 Å². The van der Waals surface area contributed by atoms with Crippen LogP contribution in [0.15, 0.2) is 48.5 Å². The summed E-state index contributed by atoms with van der Waals surface area (Å²) in [7, 11) is 3.25. The maximum Gasteiger partial charge on any atom is 0.257 e. The number of nitrogens with zero attached hydrogens (tertiary/aromatic N) is 1. The molecule has 0 radical (unpaired) electrons. The summed E-state index contributed by atoms with van der Waals surface area (Å²) < 4.78 is 10.7. The molecule has 27 heavy (non-hydrogen) atoms. The van der Waals surface area contributed by atoms with Crippen molar-refractivity contribution < 1.29 is 14.3 Å². The fraction of sp³-hybridized carbons (Fsp3) is 0.238. The number of carbonyl (C=O) groups is 1. The monoisotopic (exact) mass is 382 g/mol. The van der Waals surface area contributed by atoms with Gasteiger partial charge < -0.3 is 9.47 Å². The van der Waals surface area contributed by atoms with E-state index in [0.717, 1.165) is 29.0 Å². The van der Waals surface area contributed by atoms with Crippen LogP contribution in [0, 0.1) is 0 Å². The number of nitrogens with one attached hydrogen (secondary N) is 1. The Balaban J connectivity index is 1.95. The lowest BCUT2D eigenvalue weighted by atomic mass is 10.1. The number of benzene rings is 2. The molecule has 3 rings (SSSR count). The van der Waals surface area contributed by atoms with Gasteiger partial charge in [0, 0.05) is 22.1 Å². The molecule has 0 aliphatic heterocycles. The highest BCUT2D eigenvalue weighted by Crippen LogP contribution is 2.36. The molecule has 1 heterocycles. The third-order valence-electron chi connectivity index (χ3n) is 4.06. The first-order valence-electron chi connectivity index (χ1n) is 8.74. The van der Waals surface area contributed by atoms with Gasteiger partial charge in [0.05, 0.1) is 19.9 Å². The summed E-state index contributed by atoms with van der Waals surface area (Å²) in [5.74, 6) is 1.24. The van der Waals surface area contributed by atoms with Crippen LogP contribution in [0.1, 0.15) is 28.6 Å². The molecular formula is C21H22N2O3S. The van der Waals surface area contributed by atoms with E-state index in [-0.39, 0.29) is 5.91 Å². The number of hydrogen-bond acceptors (Lipinski definition) is 5. The van der Waals surface area contributed by atoms with E-state index >= 15 is 0 Å².